The van der Waals surface area contributed by atoms with Crippen molar-refractivity contribution < 1.29 is 23.0 Å². The summed E-state index contributed by atoms with van der Waals surface area (Å²) in [6.45, 7) is 4.87. The van der Waals surface area contributed by atoms with Crippen LogP contribution in [-0.2, 0) is 0 Å². The number of aryl methyl sites for hydroxylation is 1. The molecular formula is C17H17ClF3N5O2. The van der Waals surface area contributed by atoms with Crippen molar-refractivity contribution in [1.29, 1.82) is 0 Å². The van der Waals surface area contributed by atoms with Crippen LogP contribution in [0.2, 0.25) is 5.02 Å². The maximum atomic E-state index is 12.4. The van der Waals surface area contributed by atoms with Gasteiger partial charge in [0.1, 0.15) is 17.9 Å². The summed E-state index contributed by atoms with van der Waals surface area (Å²) in [6, 6.07) is 4.47. The van der Waals surface area contributed by atoms with Gasteiger partial charge in [-0.25, -0.2) is 4.98 Å². The van der Waals surface area contributed by atoms with E-state index in [1.807, 2.05) is 0 Å². The highest BCUT2D eigenvalue weighted by atomic mass is 35.5. The van der Waals surface area contributed by atoms with Gasteiger partial charge in [0.25, 0.3) is 5.78 Å². The van der Waals surface area contributed by atoms with Crippen molar-refractivity contribution in [2.75, 3.05) is 5.32 Å². The minimum atomic E-state index is -4.83. The van der Waals surface area contributed by atoms with E-state index < -0.39 is 23.8 Å². The monoisotopic (exact) mass is 415 g/mol. The number of anilines is 1. The van der Waals surface area contributed by atoms with Crippen molar-refractivity contribution in [3.05, 3.63) is 46.9 Å². The van der Waals surface area contributed by atoms with Gasteiger partial charge in [0.15, 0.2) is 0 Å². The molecule has 2 aromatic heterocycles. The van der Waals surface area contributed by atoms with Gasteiger partial charge in [-0.1, -0.05) is 17.7 Å². The Morgan fingerprint density at radius 1 is 1.25 bits per heavy atom. The fraction of sp³-hybridized carbons (Fsp3) is 0.353. The predicted molar refractivity (Wildman–Crippen MR) is 96.3 cm³/mol. The van der Waals surface area contributed by atoms with Crippen molar-refractivity contribution in [2.45, 2.75) is 38.8 Å². The molecule has 0 aliphatic carbocycles. The SMILES string of the molecule is Cc1cc(N[C@H](c2ccc(OC(F)(F)F)cc2Cl)C(C)(C)O)n2ncnc2n1. The van der Waals surface area contributed by atoms with Crippen molar-refractivity contribution in [3.8, 4) is 5.75 Å². The van der Waals surface area contributed by atoms with Gasteiger partial charge in [0.2, 0.25) is 0 Å². The molecule has 0 saturated heterocycles. The minimum Gasteiger partial charge on any atom is -0.406 e. The molecule has 0 aliphatic rings. The number of hydrogen-bond acceptors (Lipinski definition) is 6. The number of benzene rings is 1. The summed E-state index contributed by atoms with van der Waals surface area (Å²) in [7, 11) is 0. The topological polar surface area (TPSA) is 84.6 Å². The second kappa shape index (κ2) is 7.10. The number of fused-ring (bicyclic) bond motifs is 1. The second-order valence-electron chi connectivity index (χ2n) is 6.72. The molecule has 150 valence electrons. The number of rotatable bonds is 5. The number of ether oxygens (including phenoxy) is 1. The Bertz CT molecular complexity index is 1000. The Kier molecular flexibility index (Phi) is 5.11. The molecule has 2 heterocycles. The molecule has 0 fully saturated rings. The standard InChI is InChI=1S/C17H17ClF3N5O2/c1-9-6-13(26-15(24-9)22-8-23-26)25-14(16(2,3)27)11-5-4-10(7-12(11)18)28-17(19,20)21/h4-8,14,25,27H,1-3H3/t14-/m1/s1. The van der Waals surface area contributed by atoms with Crippen LogP contribution in [0.25, 0.3) is 5.78 Å². The quantitative estimate of drug-likeness (QED) is 0.657. The van der Waals surface area contributed by atoms with Crippen molar-refractivity contribution >= 4 is 23.2 Å². The third-order valence-electron chi connectivity index (χ3n) is 3.90. The Balaban J connectivity index is 2.01. The predicted octanol–water partition coefficient (Wildman–Crippen LogP) is 3.91. The minimum absolute atomic E-state index is 0.00184. The molecule has 2 N–H and O–H groups in total. The molecule has 1 aromatic carbocycles. The average molecular weight is 416 g/mol. The fourth-order valence-electron chi connectivity index (χ4n) is 2.76. The summed E-state index contributed by atoms with van der Waals surface area (Å²) in [5, 5.41) is 17.9. The van der Waals surface area contributed by atoms with E-state index in [0.717, 1.165) is 12.1 Å². The summed E-state index contributed by atoms with van der Waals surface area (Å²) >= 11 is 6.21. The molecule has 0 spiro atoms. The van der Waals surface area contributed by atoms with Crippen molar-refractivity contribution in [1.82, 2.24) is 19.6 Å². The number of hydrogen-bond donors (Lipinski definition) is 2. The van der Waals surface area contributed by atoms with Crippen molar-refractivity contribution in [2.24, 2.45) is 0 Å². The molecule has 1 atom stereocenters. The van der Waals surface area contributed by atoms with Gasteiger partial charge in [0, 0.05) is 16.8 Å². The Morgan fingerprint density at radius 3 is 2.57 bits per heavy atom. The number of nitrogens with one attached hydrogen (secondary N) is 1. The van der Waals surface area contributed by atoms with Crippen LogP contribution in [0.5, 0.6) is 5.75 Å². The summed E-state index contributed by atoms with van der Waals surface area (Å²) in [6.07, 6.45) is -3.49. The highest BCUT2D eigenvalue weighted by Crippen LogP contribution is 2.36. The first-order chi connectivity index (χ1) is 12.9. The first-order valence-corrected chi connectivity index (χ1v) is 8.53. The lowest BCUT2D eigenvalue weighted by atomic mass is 9.91. The maximum absolute atomic E-state index is 12.4. The lowest BCUT2D eigenvalue weighted by Crippen LogP contribution is -2.35. The number of alkyl halides is 3. The number of aromatic nitrogens is 4. The summed E-state index contributed by atoms with van der Waals surface area (Å²) in [5.41, 5.74) is -0.288. The zero-order valence-corrected chi connectivity index (χ0v) is 15.9. The molecule has 7 nitrogen and oxygen atoms in total. The van der Waals surface area contributed by atoms with Gasteiger partial charge in [-0.3, -0.25) is 0 Å². The van der Waals surface area contributed by atoms with Gasteiger partial charge >= 0.3 is 6.36 Å². The fourth-order valence-corrected chi connectivity index (χ4v) is 3.03. The molecule has 0 unspecified atom stereocenters. The van der Waals surface area contributed by atoms with Crippen LogP contribution in [-0.4, -0.2) is 36.7 Å². The number of halogens is 4. The smallest absolute Gasteiger partial charge is 0.406 e. The summed E-state index contributed by atoms with van der Waals surface area (Å²) in [5.74, 6) is 0.394. The second-order valence-corrected chi connectivity index (χ2v) is 7.12. The Labute approximate surface area is 163 Å². The molecule has 0 amide bonds. The van der Waals surface area contributed by atoms with Gasteiger partial charge in [-0.15, -0.1) is 13.2 Å². The van der Waals surface area contributed by atoms with Crippen LogP contribution in [0, 0.1) is 6.92 Å². The Morgan fingerprint density at radius 2 is 1.96 bits per heavy atom. The van der Waals surface area contributed by atoms with Gasteiger partial charge in [-0.05, 0) is 38.5 Å². The van der Waals surface area contributed by atoms with Crippen LogP contribution in [0.4, 0.5) is 19.0 Å². The lowest BCUT2D eigenvalue weighted by molar-refractivity contribution is -0.274. The lowest BCUT2D eigenvalue weighted by Gasteiger charge is -2.32. The largest absolute Gasteiger partial charge is 0.573 e. The zero-order valence-electron chi connectivity index (χ0n) is 15.1. The molecule has 0 bridgehead atoms. The van der Waals surface area contributed by atoms with Crippen LogP contribution >= 0.6 is 11.6 Å². The Hall–Kier alpha value is -2.59. The molecule has 0 radical (unpaired) electrons. The highest BCUT2D eigenvalue weighted by Gasteiger charge is 2.33. The van der Waals surface area contributed by atoms with E-state index in [4.69, 9.17) is 11.6 Å². The van der Waals surface area contributed by atoms with E-state index in [-0.39, 0.29) is 5.02 Å². The molecule has 0 aliphatic heterocycles. The van der Waals surface area contributed by atoms with E-state index in [2.05, 4.69) is 25.1 Å². The van der Waals surface area contributed by atoms with Crippen LogP contribution < -0.4 is 10.1 Å². The highest BCUT2D eigenvalue weighted by molar-refractivity contribution is 6.31. The normalized spacial score (nSPS) is 13.6. The first kappa shape index (κ1) is 20.2. The van der Waals surface area contributed by atoms with E-state index in [9.17, 15) is 18.3 Å². The van der Waals surface area contributed by atoms with Crippen LogP contribution in [0.3, 0.4) is 0 Å². The van der Waals surface area contributed by atoms with E-state index >= 15 is 0 Å². The summed E-state index contributed by atoms with van der Waals surface area (Å²) in [4.78, 5) is 8.27. The maximum Gasteiger partial charge on any atom is 0.573 e. The average Bonchev–Trinajstić information content (AvgIpc) is 2.99. The molecule has 28 heavy (non-hydrogen) atoms. The zero-order chi connectivity index (χ0) is 20.7. The first-order valence-electron chi connectivity index (χ1n) is 8.15. The number of nitrogens with zero attached hydrogens (tertiary/aromatic N) is 4. The molecule has 0 saturated carbocycles. The van der Waals surface area contributed by atoms with Gasteiger partial charge in [-0.2, -0.15) is 14.6 Å². The molecular weight excluding hydrogens is 399 g/mol. The van der Waals surface area contributed by atoms with Gasteiger partial charge in [0.05, 0.1) is 11.6 Å². The van der Waals surface area contributed by atoms with E-state index in [1.54, 1.807) is 26.8 Å². The third kappa shape index (κ3) is 4.45. The van der Waals surface area contributed by atoms with E-state index in [0.29, 0.717) is 22.9 Å². The molecule has 3 rings (SSSR count). The van der Waals surface area contributed by atoms with Gasteiger partial charge < -0.3 is 15.2 Å². The van der Waals surface area contributed by atoms with Crippen LogP contribution in [0.15, 0.2) is 30.6 Å². The third-order valence-corrected chi connectivity index (χ3v) is 4.22. The number of aliphatic hydroxyl groups is 1. The molecule has 11 heteroatoms. The van der Waals surface area contributed by atoms with Crippen molar-refractivity contribution in [3.63, 3.8) is 0 Å². The van der Waals surface area contributed by atoms with Crippen LogP contribution in [0.1, 0.15) is 31.1 Å². The van der Waals surface area contributed by atoms with E-state index in [1.165, 1.54) is 16.9 Å². The molecule has 3 aromatic rings. The summed E-state index contributed by atoms with van der Waals surface area (Å²) < 4.78 is 42.6.